The van der Waals surface area contributed by atoms with Gasteiger partial charge in [-0.15, -0.1) is 11.3 Å². The van der Waals surface area contributed by atoms with Crippen LogP contribution in [0.3, 0.4) is 0 Å². The smallest absolute Gasteiger partial charge is 0.328 e. The van der Waals surface area contributed by atoms with Crippen LogP contribution >= 0.6 is 11.3 Å². The molecule has 1 N–H and O–H groups in total. The van der Waals surface area contributed by atoms with Crippen LogP contribution in [-0.4, -0.2) is 29.1 Å². The molecule has 0 aliphatic carbocycles. The number of carboxylic acids is 1. The maximum absolute atomic E-state index is 10.6. The molecule has 1 saturated heterocycles. The summed E-state index contributed by atoms with van der Waals surface area (Å²) in [6.45, 7) is 10.2. The molecule has 1 aromatic rings. The number of hydrogen-bond acceptors (Lipinski definition) is 3. The summed E-state index contributed by atoms with van der Waals surface area (Å²) in [5, 5.41) is 10.8. The largest absolute Gasteiger partial charge is 0.478 e. The van der Waals surface area contributed by atoms with E-state index in [4.69, 9.17) is 5.11 Å². The van der Waals surface area contributed by atoms with Crippen LogP contribution in [0.5, 0.6) is 0 Å². The van der Waals surface area contributed by atoms with E-state index in [1.54, 1.807) is 17.4 Å². The second-order valence-corrected chi connectivity index (χ2v) is 7.56. The Labute approximate surface area is 124 Å². The highest BCUT2D eigenvalue weighted by atomic mass is 32.1. The van der Waals surface area contributed by atoms with Gasteiger partial charge in [0.1, 0.15) is 0 Å². The number of likely N-dealkylation sites (tertiary alicyclic amines) is 1. The predicted molar refractivity (Wildman–Crippen MR) is 83.8 cm³/mol. The van der Waals surface area contributed by atoms with Crippen LogP contribution in [0.15, 0.2) is 17.5 Å². The molecule has 1 unspecified atom stereocenters. The topological polar surface area (TPSA) is 40.5 Å². The number of hydrogen-bond donors (Lipinski definition) is 1. The molecule has 0 aromatic carbocycles. The Morgan fingerprint density at radius 2 is 2.30 bits per heavy atom. The minimum absolute atomic E-state index is 0.371. The van der Waals surface area contributed by atoms with Crippen molar-refractivity contribution in [2.24, 2.45) is 11.3 Å². The van der Waals surface area contributed by atoms with Gasteiger partial charge in [0.15, 0.2) is 0 Å². The van der Waals surface area contributed by atoms with Gasteiger partial charge in [0.05, 0.1) is 0 Å². The summed E-state index contributed by atoms with van der Waals surface area (Å²) in [7, 11) is 0. The first-order valence-electron chi connectivity index (χ1n) is 7.06. The van der Waals surface area contributed by atoms with Crippen molar-refractivity contribution in [3.8, 4) is 0 Å². The van der Waals surface area contributed by atoms with Crippen LogP contribution in [0.25, 0.3) is 6.08 Å². The van der Waals surface area contributed by atoms with E-state index in [2.05, 4.69) is 25.7 Å². The third-order valence-electron chi connectivity index (χ3n) is 4.05. The molecule has 20 heavy (non-hydrogen) atoms. The fourth-order valence-corrected chi connectivity index (χ4v) is 3.58. The lowest BCUT2D eigenvalue weighted by atomic mass is 9.80. The normalized spacial score (nSPS) is 20.9. The van der Waals surface area contributed by atoms with Crippen LogP contribution in [0.4, 0.5) is 0 Å². The molecule has 1 aliphatic heterocycles. The zero-order chi connectivity index (χ0) is 14.8. The van der Waals surface area contributed by atoms with Crippen molar-refractivity contribution in [1.82, 2.24) is 4.90 Å². The predicted octanol–water partition coefficient (Wildman–Crippen LogP) is 3.71. The summed E-state index contributed by atoms with van der Waals surface area (Å²) in [5.41, 5.74) is 1.41. The molecule has 0 saturated carbocycles. The van der Waals surface area contributed by atoms with E-state index in [9.17, 15) is 4.79 Å². The lowest BCUT2D eigenvalue weighted by Gasteiger charge is -2.27. The molecule has 0 bridgehead atoms. The number of carboxylic acid groups (broad SMARTS) is 1. The van der Waals surface area contributed by atoms with Crippen molar-refractivity contribution in [2.45, 2.75) is 33.7 Å². The van der Waals surface area contributed by atoms with E-state index in [-0.39, 0.29) is 0 Å². The van der Waals surface area contributed by atoms with Crippen molar-refractivity contribution in [1.29, 1.82) is 0 Å². The van der Waals surface area contributed by atoms with Gasteiger partial charge in [-0.25, -0.2) is 4.79 Å². The first-order chi connectivity index (χ1) is 9.36. The Bertz CT molecular complexity index is 499. The fraction of sp³-hybridized carbons (Fsp3) is 0.562. The summed E-state index contributed by atoms with van der Waals surface area (Å²) < 4.78 is 0. The minimum atomic E-state index is -0.892. The quantitative estimate of drug-likeness (QED) is 0.860. The van der Waals surface area contributed by atoms with Crippen LogP contribution in [0, 0.1) is 11.3 Å². The molecule has 1 aliphatic rings. The summed E-state index contributed by atoms with van der Waals surface area (Å²) in [5.74, 6) is -0.142. The SMILES string of the molecule is CC(C)(C)C1CCN(Cc2sccc2/C=C/C(=O)O)C1. The Morgan fingerprint density at radius 3 is 2.90 bits per heavy atom. The Kier molecular flexibility index (Phi) is 4.66. The van der Waals surface area contributed by atoms with Crippen molar-refractivity contribution in [3.63, 3.8) is 0 Å². The molecule has 4 heteroatoms. The lowest BCUT2D eigenvalue weighted by molar-refractivity contribution is -0.131. The molecular weight excluding hydrogens is 270 g/mol. The van der Waals surface area contributed by atoms with Crippen LogP contribution in [-0.2, 0) is 11.3 Å². The van der Waals surface area contributed by atoms with Crippen molar-refractivity contribution in [3.05, 3.63) is 28.0 Å². The zero-order valence-corrected chi connectivity index (χ0v) is 13.2. The average molecular weight is 293 g/mol. The molecule has 2 rings (SSSR count). The maximum atomic E-state index is 10.6. The number of nitrogens with zero attached hydrogens (tertiary/aromatic N) is 1. The van der Waals surface area contributed by atoms with Crippen LogP contribution < -0.4 is 0 Å². The number of thiophene rings is 1. The van der Waals surface area contributed by atoms with Gasteiger partial charge in [-0.3, -0.25) is 4.90 Å². The first kappa shape index (κ1) is 15.3. The van der Waals surface area contributed by atoms with Gasteiger partial charge in [-0.05, 0) is 47.4 Å². The molecule has 1 atom stereocenters. The number of rotatable bonds is 4. The summed E-state index contributed by atoms with van der Waals surface area (Å²) in [6.07, 6.45) is 4.17. The highest BCUT2D eigenvalue weighted by Crippen LogP contribution is 2.34. The van der Waals surface area contributed by atoms with Gasteiger partial charge in [0.25, 0.3) is 0 Å². The number of aliphatic carboxylic acids is 1. The van der Waals surface area contributed by atoms with Gasteiger partial charge in [0.2, 0.25) is 0 Å². The van der Waals surface area contributed by atoms with Crippen molar-refractivity contribution < 1.29 is 9.90 Å². The van der Waals surface area contributed by atoms with Gasteiger partial charge in [-0.1, -0.05) is 20.8 Å². The summed E-state index contributed by atoms with van der Waals surface area (Å²) >= 11 is 1.71. The Hall–Kier alpha value is -1.13. The van der Waals surface area contributed by atoms with E-state index in [1.165, 1.54) is 17.4 Å². The van der Waals surface area contributed by atoms with E-state index < -0.39 is 5.97 Å². The monoisotopic (exact) mass is 293 g/mol. The molecule has 1 aromatic heterocycles. The van der Waals surface area contributed by atoms with Gasteiger partial charge < -0.3 is 5.11 Å². The molecule has 3 nitrogen and oxygen atoms in total. The van der Waals surface area contributed by atoms with Crippen LogP contribution in [0.2, 0.25) is 0 Å². The van der Waals surface area contributed by atoms with Gasteiger partial charge >= 0.3 is 5.97 Å². The third-order valence-corrected chi connectivity index (χ3v) is 4.97. The number of carbonyl (C=O) groups is 1. The average Bonchev–Trinajstić information content (AvgIpc) is 2.95. The summed E-state index contributed by atoms with van der Waals surface area (Å²) in [4.78, 5) is 14.4. The lowest BCUT2D eigenvalue weighted by Crippen LogP contribution is -2.25. The zero-order valence-electron chi connectivity index (χ0n) is 12.4. The van der Waals surface area contributed by atoms with Gasteiger partial charge in [-0.2, -0.15) is 0 Å². The fourth-order valence-electron chi connectivity index (χ4n) is 2.67. The summed E-state index contributed by atoms with van der Waals surface area (Å²) in [6, 6.07) is 2.00. The van der Waals surface area contributed by atoms with Gasteiger partial charge in [0, 0.05) is 24.0 Å². The highest BCUT2D eigenvalue weighted by molar-refractivity contribution is 7.10. The molecule has 0 amide bonds. The van der Waals surface area contributed by atoms with E-state index in [1.807, 2.05) is 11.4 Å². The Balaban J connectivity index is 1.98. The third kappa shape index (κ3) is 3.93. The van der Waals surface area contributed by atoms with E-state index >= 15 is 0 Å². The first-order valence-corrected chi connectivity index (χ1v) is 7.94. The second-order valence-electron chi connectivity index (χ2n) is 6.56. The van der Waals surface area contributed by atoms with E-state index in [0.29, 0.717) is 5.41 Å². The molecule has 0 radical (unpaired) electrons. The maximum Gasteiger partial charge on any atom is 0.328 e. The molecule has 110 valence electrons. The molecular formula is C16H23NO2S. The molecule has 2 heterocycles. The van der Waals surface area contributed by atoms with Crippen LogP contribution in [0.1, 0.15) is 37.6 Å². The Morgan fingerprint density at radius 1 is 1.55 bits per heavy atom. The second kappa shape index (κ2) is 6.10. The van der Waals surface area contributed by atoms with E-state index in [0.717, 1.165) is 31.1 Å². The minimum Gasteiger partial charge on any atom is -0.478 e. The van der Waals surface area contributed by atoms with Crippen molar-refractivity contribution >= 4 is 23.4 Å². The van der Waals surface area contributed by atoms with Crippen molar-refractivity contribution in [2.75, 3.05) is 13.1 Å². The molecule has 1 fully saturated rings. The standard InChI is InChI=1S/C16H23NO2S/c1-16(2,3)13-6-8-17(10-13)11-14-12(7-9-20-14)4-5-15(18)19/h4-5,7,9,13H,6,8,10-11H2,1-3H3,(H,18,19)/b5-4+. The molecule has 0 spiro atoms. The highest BCUT2D eigenvalue weighted by Gasteiger charge is 2.31.